The van der Waals surface area contributed by atoms with Crippen LogP contribution in [0.1, 0.15) is 58.6 Å². The molecule has 1 aromatic carbocycles. The van der Waals surface area contributed by atoms with Crippen LogP contribution in [0.15, 0.2) is 35.1 Å². The van der Waals surface area contributed by atoms with E-state index in [2.05, 4.69) is 31.2 Å². The number of nitrogens with one attached hydrogen (secondary N) is 1. The van der Waals surface area contributed by atoms with Gasteiger partial charge in [0.25, 0.3) is 0 Å². The first-order valence-corrected chi connectivity index (χ1v) is 13.8. The quantitative estimate of drug-likeness (QED) is 0.262. The van der Waals surface area contributed by atoms with E-state index in [0.717, 1.165) is 6.20 Å². The van der Waals surface area contributed by atoms with E-state index in [-0.39, 0.29) is 24.9 Å². The molecule has 1 amide bonds. The molecule has 216 valence electrons. The summed E-state index contributed by atoms with van der Waals surface area (Å²) in [5.74, 6) is -0.880. The molecule has 0 aliphatic carbocycles. The SMILES string of the molecule is C[C@@H](CCCNc1c(N)cnc2cc(F)c(Br)cc12)Oc1ncc(F)cc1[C@H]1C[C@H](F)CN1C(=O)OC(C)(C)C. The number of nitrogens with zero attached hydrogens (tertiary/aromatic N) is 3. The van der Waals surface area contributed by atoms with Crippen LogP contribution in [0.5, 0.6) is 5.88 Å². The molecule has 12 heteroatoms. The third kappa shape index (κ3) is 7.07. The smallest absolute Gasteiger partial charge is 0.410 e. The van der Waals surface area contributed by atoms with Crippen LogP contribution < -0.4 is 15.8 Å². The average Bonchev–Trinajstić information content (AvgIpc) is 3.26. The summed E-state index contributed by atoms with van der Waals surface area (Å²) in [5, 5.41) is 3.99. The van der Waals surface area contributed by atoms with E-state index in [1.807, 2.05) is 6.92 Å². The number of ether oxygens (including phenoxy) is 2. The maximum Gasteiger partial charge on any atom is 0.410 e. The van der Waals surface area contributed by atoms with Crippen molar-refractivity contribution in [2.24, 2.45) is 0 Å². The number of amides is 1. The van der Waals surface area contributed by atoms with Crippen molar-refractivity contribution in [1.29, 1.82) is 0 Å². The predicted molar refractivity (Wildman–Crippen MR) is 151 cm³/mol. The van der Waals surface area contributed by atoms with Crippen molar-refractivity contribution < 1.29 is 27.4 Å². The number of nitrogens with two attached hydrogens (primary N) is 1. The number of nitrogen functional groups attached to an aromatic ring is 1. The number of benzene rings is 1. The Bertz CT molecular complexity index is 1390. The summed E-state index contributed by atoms with van der Waals surface area (Å²) in [6.45, 7) is 7.40. The molecule has 0 radical (unpaired) electrons. The van der Waals surface area contributed by atoms with Gasteiger partial charge in [-0.15, -0.1) is 0 Å². The molecule has 3 heterocycles. The van der Waals surface area contributed by atoms with Gasteiger partial charge in [0.05, 0.1) is 52.4 Å². The summed E-state index contributed by atoms with van der Waals surface area (Å²) in [7, 11) is 0. The zero-order chi connectivity index (χ0) is 29.2. The molecule has 1 aliphatic rings. The van der Waals surface area contributed by atoms with E-state index in [1.54, 1.807) is 26.8 Å². The summed E-state index contributed by atoms with van der Waals surface area (Å²) in [5.41, 5.74) is 7.23. The zero-order valence-electron chi connectivity index (χ0n) is 22.8. The summed E-state index contributed by atoms with van der Waals surface area (Å²) in [4.78, 5) is 22.4. The first kappa shape index (κ1) is 29.7. The summed E-state index contributed by atoms with van der Waals surface area (Å²) >= 11 is 3.20. The lowest BCUT2D eigenvalue weighted by Crippen LogP contribution is -2.37. The Morgan fingerprint density at radius 1 is 1.25 bits per heavy atom. The van der Waals surface area contributed by atoms with E-state index in [0.29, 0.717) is 51.7 Å². The van der Waals surface area contributed by atoms with Crippen molar-refractivity contribution in [3.05, 3.63) is 52.3 Å². The van der Waals surface area contributed by atoms with Crippen LogP contribution >= 0.6 is 15.9 Å². The Hall–Kier alpha value is -3.28. The van der Waals surface area contributed by atoms with Crippen LogP contribution in [0.4, 0.5) is 29.3 Å². The Morgan fingerprint density at radius 3 is 2.73 bits per heavy atom. The van der Waals surface area contributed by atoms with Crippen LogP contribution in [0.2, 0.25) is 0 Å². The van der Waals surface area contributed by atoms with Crippen LogP contribution in [0, 0.1) is 11.6 Å². The van der Waals surface area contributed by atoms with Crippen molar-refractivity contribution in [3.63, 3.8) is 0 Å². The molecule has 3 aromatic rings. The number of likely N-dealkylation sites (tertiary alicyclic amines) is 1. The lowest BCUT2D eigenvalue weighted by molar-refractivity contribution is 0.0213. The molecule has 0 bridgehead atoms. The number of hydrogen-bond donors (Lipinski definition) is 2. The first-order chi connectivity index (χ1) is 18.8. The Labute approximate surface area is 239 Å². The lowest BCUT2D eigenvalue weighted by atomic mass is 10.1. The minimum absolute atomic E-state index is 0.0135. The molecule has 1 fully saturated rings. The van der Waals surface area contributed by atoms with Crippen molar-refractivity contribution >= 4 is 44.3 Å². The molecule has 0 unspecified atom stereocenters. The normalized spacial score (nSPS) is 18.1. The summed E-state index contributed by atoms with van der Waals surface area (Å²) < 4.78 is 54.5. The van der Waals surface area contributed by atoms with Gasteiger partial charge >= 0.3 is 6.09 Å². The highest BCUT2D eigenvalue weighted by atomic mass is 79.9. The van der Waals surface area contributed by atoms with Gasteiger partial charge in [0.2, 0.25) is 5.88 Å². The van der Waals surface area contributed by atoms with Crippen LogP contribution in [-0.4, -0.2) is 51.9 Å². The zero-order valence-corrected chi connectivity index (χ0v) is 24.4. The first-order valence-electron chi connectivity index (χ1n) is 13.0. The molecule has 0 spiro atoms. The monoisotopic (exact) mass is 623 g/mol. The molecule has 1 aliphatic heterocycles. The Kier molecular flexibility index (Phi) is 8.96. The fourth-order valence-electron chi connectivity index (χ4n) is 4.63. The number of anilines is 2. The number of alkyl halides is 1. The van der Waals surface area contributed by atoms with E-state index >= 15 is 0 Å². The largest absolute Gasteiger partial charge is 0.474 e. The molecule has 4 rings (SSSR count). The minimum atomic E-state index is -1.29. The number of rotatable bonds is 8. The molecular weight excluding hydrogens is 591 g/mol. The number of hydrogen-bond acceptors (Lipinski definition) is 7. The standard InChI is InChI=1S/C28H33BrF3N5O3/c1-15(6-5-7-34-25-18-10-20(29)21(32)11-23(18)35-13-22(25)33)39-26-19(8-16(30)12-36-26)24-9-17(31)14-37(24)27(38)40-28(2,3)4/h8,10-13,15,17,24H,5-7,9,14,33H2,1-4H3,(H,34,35)/t15-,17-,24+/m0/s1. The van der Waals surface area contributed by atoms with E-state index < -0.39 is 35.5 Å². The molecule has 40 heavy (non-hydrogen) atoms. The average molecular weight is 625 g/mol. The van der Waals surface area contributed by atoms with Gasteiger partial charge < -0.3 is 20.5 Å². The lowest BCUT2D eigenvalue weighted by Gasteiger charge is -2.29. The maximum atomic E-state index is 14.5. The topological polar surface area (TPSA) is 103 Å². The molecule has 2 aromatic heterocycles. The molecule has 0 saturated carbocycles. The van der Waals surface area contributed by atoms with Crippen LogP contribution in [-0.2, 0) is 4.74 Å². The van der Waals surface area contributed by atoms with E-state index in [9.17, 15) is 18.0 Å². The maximum absolute atomic E-state index is 14.5. The van der Waals surface area contributed by atoms with Gasteiger partial charge in [-0.1, -0.05) is 0 Å². The van der Waals surface area contributed by atoms with Gasteiger partial charge in [0.1, 0.15) is 23.4 Å². The number of carbonyl (C=O) groups excluding carboxylic acids is 1. The molecule has 8 nitrogen and oxygen atoms in total. The number of halogens is 4. The molecule has 1 saturated heterocycles. The second-order valence-corrected chi connectivity index (χ2v) is 11.8. The van der Waals surface area contributed by atoms with E-state index in [4.69, 9.17) is 15.2 Å². The van der Waals surface area contributed by atoms with Crippen molar-refractivity contribution in [2.75, 3.05) is 24.1 Å². The fraction of sp³-hybridized carbons (Fsp3) is 0.464. The molecular formula is C28H33BrF3N5O3. The van der Waals surface area contributed by atoms with Crippen molar-refractivity contribution in [2.45, 2.75) is 70.9 Å². The summed E-state index contributed by atoms with van der Waals surface area (Å²) in [6, 6.07) is 3.43. The van der Waals surface area contributed by atoms with Gasteiger partial charge in [-0.25, -0.2) is 22.9 Å². The second-order valence-electron chi connectivity index (χ2n) is 10.9. The highest BCUT2D eigenvalue weighted by Gasteiger charge is 2.40. The third-order valence-corrected chi connectivity index (χ3v) is 7.03. The van der Waals surface area contributed by atoms with Crippen LogP contribution in [0.25, 0.3) is 10.9 Å². The van der Waals surface area contributed by atoms with E-state index in [1.165, 1.54) is 23.2 Å². The van der Waals surface area contributed by atoms with Gasteiger partial charge in [-0.3, -0.25) is 9.88 Å². The minimum Gasteiger partial charge on any atom is -0.474 e. The van der Waals surface area contributed by atoms with Gasteiger partial charge in [0, 0.05) is 30.0 Å². The van der Waals surface area contributed by atoms with Crippen LogP contribution in [0.3, 0.4) is 0 Å². The Balaban J connectivity index is 1.42. The molecule has 3 atom stereocenters. The predicted octanol–water partition coefficient (Wildman–Crippen LogP) is 6.93. The van der Waals surface area contributed by atoms with Crippen molar-refractivity contribution in [3.8, 4) is 5.88 Å². The number of carbonyl (C=O) groups is 1. The number of aromatic nitrogens is 2. The highest BCUT2D eigenvalue weighted by molar-refractivity contribution is 9.10. The van der Waals surface area contributed by atoms with Gasteiger partial charge in [-0.05, 0) is 68.6 Å². The Morgan fingerprint density at radius 2 is 2.00 bits per heavy atom. The van der Waals surface area contributed by atoms with Gasteiger partial charge in [0.15, 0.2) is 0 Å². The third-order valence-electron chi connectivity index (χ3n) is 6.42. The number of pyridine rings is 2. The van der Waals surface area contributed by atoms with Crippen molar-refractivity contribution in [1.82, 2.24) is 14.9 Å². The fourth-order valence-corrected chi connectivity index (χ4v) is 4.98. The van der Waals surface area contributed by atoms with Gasteiger partial charge in [-0.2, -0.15) is 0 Å². The highest BCUT2D eigenvalue weighted by Crippen LogP contribution is 2.39. The molecule has 3 N–H and O–H groups in total. The second kappa shape index (κ2) is 12.1. The summed E-state index contributed by atoms with van der Waals surface area (Å²) in [6.07, 6.45) is 1.48. The number of fused-ring (bicyclic) bond motifs is 1.